The van der Waals surface area contributed by atoms with Crippen LogP contribution in [0.25, 0.3) is 0 Å². The molecule has 1 aromatic rings. The lowest BCUT2D eigenvalue weighted by molar-refractivity contribution is 0.282. The van der Waals surface area contributed by atoms with E-state index in [-0.39, 0.29) is 0 Å². The van der Waals surface area contributed by atoms with Crippen LogP contribution < -0.4 is 0 Å². The van der Waals surface area contributed by atoms with Crippen LogP contribution in [0.3, 0.4) is 0 Å². The van der Waals surface area contributed by atoms with Gasteiger partial charge < -0.3 is 0 Å². The van der Waals surface area contributed by atoms with E-state index in [2.05, 4.69) is 30.9 Å². The van der Waals surface area contributed by atoms with Crippen molar-refractivity contribution in [2.24, 2.45) is 0 Å². The van der Waals surface area contributed by atoms with Gasteiger partial charge in [0.15, 0.2) is 0 Å². The van der Waals surface area contributed by atoms with Crippen LogP contribution in [0.4, 0.5) is 0 Å². The third-order valence-corrected chi connectivity index (χ3v) is 3.06. The fraction of sp³-hybridized carbons (Fsp3) is 0.538. The quantitative estimate of drug-likeness (QED) is 0.696. The minimum Gasteiger partial charge on any atom is -0.298 e. The van der Waals surface area contributed by atoms with Gasteiger partial charge in [0.2, 0.25) is 0 Å². The standard InChI is InChI=1S/C13H19Cl2N/c1-3-7-16(8-6-14)10-12-5-4-11(2)9-13(12)15/h4-5,9H,3,6-8,10H2,1-2H3. The first-order chi connectivity index (χ1) is 7.67. The Hall–Kier alpha value is -0.240. The third-order valence-electron chi connectivity index (χ3n) is 2.54. The third kappa shape index (κ3) is 4.32. The molecule has 0 atom stereocenters. The van der Waals surface area contributed by atoms with Crippen molar-refractivity contribution in [2.45, 2.75) is 26.8 Å². The molecule has 0 saturated carbocycles. The summed E-state index contributed by atoms with van der Waals surface area (Å²) in [6, 6.07) is 6.22. The fourth-order valence-electron chi connectivity index (χ4n) is 1.73. The molecule has 0 heterocycles. The van der Waals surface area contributed by atoms with Gasteiger partial charge in [0.1, 0.15) is 0 Å². The molecule has 1 rings (SSSR count). The molecule has 0 radical (unpaired) electrons. The summed E-state index contributed by atoms with van der Waals surface area (Å²) in [5, 5.41) is 0.857. The highest BCUT2D eigenvalue weighted by Gasteiger charge is 2.07. The van der Waals surface area contributed by atoms with E-state index in [1.807, 2.05) is 6.07 Å². The fourth-order valence-corrected chi connectivity index (χ4v) is 2.26. The lowest BCUT2D eigenvalue weighted by Crippen LogP contribution is -2.26. The van der Waals surface area contributed by atoms with Gasteiger partial charge in [0.05, 0.1) is 0 Å². The SMILES string of the molecule is CCCN(CCCl)Cc1ccc(C)cc1Cl. The van der Waals surface area contributed by atoms with E-state index in [0.717, 1.165) is 31.1 Å². The Morgan fingerprint density at radius 3 is 2.56 bits per heavy atom. The number of halogens is 2. The number of hydrogen-bond donors (Lipinski definition) is 0. The zero-order valence-corrected chi connectivity index (χ0v) is 11.5. The number of nitrogens with zero attached hydrogens (tertiary/aromatic N) is 1. The van der Waals surface area contributed by atoms with Crippen LogP contribution in [0, 0.1) is 6.92 Å². The van der Waals surface area contributed by atoms with E-state index < -0.39 is 0 Å². The van der Waals surface area contributed by atoms with Crippen molar-refractivity contribution in [1.82, 2.24) is 4.90 Å². The predicted octanol–water partition coefficient (Wildman–Crippen LogP) is 4.10. The first kappa shape index (κ1) is 13.8. The number of aryl methyl sites for hydroxylation is 1. The maximum atomic E-state index is 6.21. The molecule has 0 aromatic heterocycles. The average Bonchev–Trinajstić information content (AvgIpc) is 2.23. The smallest absolute Gasteiger partial charge is 0.0453 e. The summed E-state index contributed by atoms with van der Waals surface area (Å²) in [6.07, 6.45) is 1.14. The summed E-state index contributed by atoms with van der Waals surface area (Å²) in [7, 11) is 0. The number of alkyl halides is 1. The number of hydrogen-bond acceptors (Lipinski definition) is 1. The monoisotopic (exact) mass is 259 g/mol. The first-order valence-electron chi connectivity index (χ1n) is 5.70. The number of benzene rings is 1. The molecule has 1 nitrogen and oxygen atoms in total. The molecular weight excluding hydrogens is 241 g/mol. The van der Waals surface area contributed by atoms with Crippen LogP contribution in [0.15, 0.2) is 18.2 Å². The van der Waals surface area contributed by atoms with Crippen molar-refractivity contribution in [2.75, 3.05) is 19.0 Å². The zero-order valence-electron chi connectivity index (χ0n) is 9.97. The van der Waals surface area contributed by atoms with Crippen molar-refractivity contribution in [3.05, 3.63) is 34.3 Å². The van der Waals surface area contributed by atoms with Gasteiger partial charge in [-0.05, 0) is 37.1 Å². The molecule has 0 bridgehead atoms. The maximum Gasteiger partial charge on any atom is 0.0453 e. The average molecular weight is 260 g/mol. The van der Waals surface area contributed by atoms with Crippen molar-refractivity contribution in [1.29, 1.82) is 0 Å². The van der Waals surface area contributed by atoms with Crippen LogP contribution in [-0.4, -0.2) is 23.9 Å². The maximum absolute atomic E-state index is 6.21. The van der Waals surface area contributed by atoms with Crippen LogP contribution in [0.5, 0.6) is 0 Å². The Labute approximate surface area is 108 Å². The lowest BCUT2D eigenvalue weighted by Gasteiger charge is -2.21. The molecule has 0 unspecified atom stereocenters. The summed E-state index contributed by atoms with van der Waals surface area (Å²) in [5.74, 6) is 0.670. The van der Waals surface area contributed by atoms with Gasteiger partial charge in [-0.2, -0.15) is 0 Å². The summed E-state index contributed by atoms with van der Waals surface area (Å²) in [5.41, 5.74) is 2.39. The molecule has 0 fully saturated rings. The van der Waals surface area contributed by atoms with Gasteiger partial charge in [0.25, 0.3) is 0 Å². The highest BCUT2D eigenvalue weighted by atomic mass is 35.5. The van der Waals surface area contributed by atoms with E-state index in [4.69, 9.17) is 23.2 Å². The van der Waals surface area contributed by atoms with Gasteiger partial charge in [-0.25, -0.2) is 0 Å². The predicted molar refractivity (Wildman–Crippen MR) is 72.5 cm³/mol. The van der Waals surface area contributed by atoms with E-state index >= 15 is 0 Å². The minimum atomic E-state index is 0.670. The van der Waals surface area contributed by atoms with Crippen molar-refractivity contribution < 1.29 is 0 Å². The molecule has 0 aliphatic rings. The molecule has 16 heavy (non-hydrogen) atoms. The Kier molecular flexibility index (Phi) is 6.18. The van der Waals surface area contributed by atoms with Gasteiger partial charge in [-0.15, -0.1) is 11.6 Å². The van der Waals surface area contributed by atoms with Crippen LogP contribution in [-0.2, 0) is 6.54 Å². The number of rotatable bonds is 6. The van der Waals surface area contributed by atoms with Gasteiger partial charge in [-0.3, -0.25) is 4.90 Å². The van der Waals surface area contributed by atoms with Crippen molar-refractivity contribution in [3.8, 4) is 0 Å². The van der Waals surface area contributed by atoms with E-state index in [9.17, 15) is 0 Å². The van der Waals surface area contributed by atoms with Crippen molar-refractivity contribution >= 4 is 23.2 Å². The molecule has 3 heteroatoms. The molecule has 0 N–H and O–H groups in total. The Morgan fingerprint density at radius 2 is 2.00 bits per heavy atom. The van der Waals surface area contributed by atoms with Crippen molar-refractivity contribution in [3.63, 3.8) is 0 Å². The molecule has 0 saturated heterocycles. The highest BCUT2D eigenvalue weighted by Crippen LogP contribution is 2.19. The summed E-state index contributed by atoms with van der Waals surface area (Å²) >= 11 is 12.0. The molecule has 0 spiro atoms. The molecule has 0 aliphatic heterocycles. The summed E-state index contributed by atoms with van der Waals surface area (Å²) in [6.45, 7) is 7.10. The first-order valence-corrected chi connectivity index (χ1v) is 6.62. The zero-order chi connectivity index (χ0) is 12.0. The largest absolute Gasteiger partial charge is 0.298 e. The molecule has 0 amide bonds. The summed E-state index contributed by atoms with van der Waals surface area (Å²) < 4.78 is 0. The second-order valence-corrected chi connectivity index (χ2v) is 4.85. The molecule has 1 aromatic carbocycles. The Bertz CT molecular complexity index is 320. The lowest BCUT2D eigenvalue weighted by atomic mass is 10.1. The molecule has 90 valence electrons. The molecule has 0 aliphatic carbocycles. The Balaban J connectivity index is 2.68. The van der Waals surface area contributed by atoms with Crippen LogP contribution in [0.1, 0.15) is 24.5 Å². The Morgan fingerprint density at radius 1 is 1.25 bits per heavy atom. The van der Waals surface area contributed by atoms with Gasteiger partial charge in [-0.1, -0.05) is 30.7 Å². The highest BCUT2D eigenvalue weighted by molar-refractivity contribution is 6.31. The summed E-state index contributed by atoms with van der Waals surface area (Å²) in [4.78, 5) is 2.34. The van der Waals surface area contributed by atoms with E-state index in [1.54, 1.807) is 0 Å². The second kappa shape index (κ2) is 7.16. The normalized spacial score (nSPS) is 11.1. The van der Waals surface area contributed by atoms with Gasteiger partial charge in [0, 0.05) is 24.0 Å². The van der Waals surface area contributed by atoms with Gasteiger partial charge >= 0.3 is 0 Å². The minimum absolute atomic E-state index is 0.670. The topological polar surface area (TPSA) is 3.24 Å². The van der Waals surface area contributed by atoms with Crippen LogP contribution in [0.2, 0.25) is 5.02 Å². The van der Waals surface area contributed by atoms with Crippen LogP contribution >= 0.6 is 23.2 Å². The molecular formula is C13H19Cl2N. The second-order valence-electron chi connectivity index (χ2n) is 4.06. The van der Waals surface area contributed by atoms with E-state index in [1.165, 1.54) is 11.1 Å². The van der Waals surface area contributed by atoms with E-state index in [0.29, 0.717) is 5.88 Å².